The van der Waals surface area contributed by atoms with Gasteiger partial charge in [0.1, 0.15) is 6.23 Å². The van der Waals surface area contributed by atoms with Crippen LogP contribution in [0.2, 0.25) is 0 Å². The molecule has 2 heteroatoms. The minimum Gasteiger partial charge on any atom is -0.379 e. The first kappa shape index (κ1) is 12.8. The summed E-state index contributed by atoms with van der Waals surface area (Å²) in [6.07, 6.45) is 1.17. The van der Waals surface area contributed by atoms with Crippen molar-refractivity contribution in [3.05, 3.63) is 71.8 Å². The molecule has 2 rings (SSSR count). The number of rotatable bonds is 6. The molecule has 0 fully saturated rings. The van der Waals surface area contributed by atoms with Crippen molar-refractivity contribution in [2.45, 2.75) is 25.6 Å². The highest BCUT2D eigenvalue weighted by molar-refractivity contribution is 5.15. The molecule has 2 aromatic rings. The summed E-state index contributed by atoms with van der Waals surface area (Å²) in [5.74, 6) is 0. The Kier molecular flexibility index (Phi) is 4.94. The number of aliphatic hydroxyl groups excluding tert-OH is 1. The van der Waals surface area contributed by atoms with E-state index in [0.717, 1.165) is 12.8 Å². The van der Waals surface area contributed by atoms with E-state index in [0.29, 0.717) is 6.54 Å². The Bertz CT molecular complexity index is 398. The maximum atomic E-state index is 9.86. The van der Waals surface area contributed by atoms with Crippen LogP contribution in [0.1, 0.15) is 17.5 Å². The summed E-state index contributed by atoms with van der Waals surface area (Å²) in [5, 5.41) is 13.0. The number of hydrogen-bond acceptors (Lipinski definition) is 2. The molecular formula is C16H19NO. The highest BCUT2D eigenvalue weighted by atomic mass is 16.3. The maximum Gasteiger partial charge on any atom is 0.105 e. The topological polar surface area (TPSA) is 32.3 Å². The zero-order valence-corrected chi connectivity index (χ0v) is 10.4. The Morgan fingerprint density at radius 1 is 0.833 bits per heavy atom. The van der Waals surface area contributed by atoms with E-state index in [-0.39, 0.29) is 0 Å². The molecule has 94 valence electrons. The van der Waals surface area contributed by atoms with Crippen molar-refractivity contribution in [1.82, 2.24) is 5.32 Å². The standard InChI is InChI=1S/C16H19NO/c18-16(12-11-14-7-3-1-4-8-14)17-13-15-9-5-2-6-10-15/h1-10,16-18H,11-13H2. The average Bonchev–Trinajstić information content (AvgIpc) is 2.45. The first-order chi connectivity index (χ1) is 8.84. The van der Waals surface area contributed by atoms with Crippen LogP contribution >= 0.6 is 0 Å². The van der Waals surface area contributed by atoms with E-state index >= 15 is 0 Å². The lowest BCUT2D eigenvalue weighted by molar-refractivity contribution is 0.126. The second kappa shape index (κ2) is 6.94. The number of hydrogen-bond donors (Lipinski definition) is 2. The van der Waals surface area contributed by atoms with Crippen molar-refractivity contribution in [3.8, 4) is 0 Å². The number of aryl methyl sites for hydroxylation is 1. The molecule has 2 N–H and O–H groups in total. The summed E-state index contributed by atoms with van der Waals surface area (Å²) in [4.78, 5) is 0. The van der Waals surface area contributed by atoms with Gasteiger partial charge < -0.3 is 5.11 Å². The highest BCUT2D eigenvalue weighted by Gasteiger charge is 2.03. The Labute approximate surface area is 108 Å². The maximum absolute atomic E-state index is 9.86. The Morgan fingerprint density at radius 3 is 2.00 bits per heavy atom. The van der Waals surface area contributed by atoms with E-state index in [4.69, 9.17) is 0 Å². The van der Waals surface area contributed by atoms with E-state index < -0.39 is 6.23 Å². The van der Waals surface area contributed by atoms with E-state index in [1.165, 1.54) is 11.1 Å². The molecule has 0 heterocycles. The van der Waals surface area contributed by atoms with Gasteiger partial charge in [0.15, 0.2) is 0 Å². The molecule has 0 radical (unpaired) electrons. The van der Waals surface area contributed by atoms with Gasteiger partial charge in [-0.2, -0.15) is 0 Å². The highest BCUT2D eigenvalue weighted by Crippen LogP contribution is 2.04. The Morgan fingerprint density at radius 2 is 1.39 bits per heavy atom. The number of benzene rings is 2. The van der Waals surface area contributed by atoms with Crippen LogP contribution in [0.15, 0.2) is 60.7 Å². The molecule has 0 amide bonds. The van der Waals surface area contributed by atoms with Gasteiger partial charge in [0.05, 0.1) is 0 Å². The number of aliphatic hydroxyl groups is 1. The van der Waals surface area contributed by atoms with E-state index in [1.54, 1.807) is 0 Å². The van der Waals surface area contributed by atoms with Crippen molar-refractivity contribution >= 4 is 0 Å². The van der Waals surface area contributed by atoms with Crippen LogP contribution in [0.4, 0.5) is 0 Å². The molecule has 18 heavy (non-hydrogen) atoms. The summed E-state index contributed by atoms with van der Waals surface area (Å²) < 4.78 is 0. The first-order valence-electron chi connectivity index (χ1n) is 6.34. The first-order valence-corrected chi connectivity index (χ1v) is 6.34. The van der Waals surface area contributed by atoms with Crippen molar-refractivity contribution in [1.29, 1.82) is 0 Å². The lowest BCUT2D eigenvalue weighted by Gasteiger charge is -2.12. The van der Waals surface area contributed by atoms with Crippen LogP contribution in [-0.2, 0) is 13.0 Å². The lowest BCUT2D eigenvalue weighted by atomic mass is 10.1. The molecule has 0 saturated heterocycles. The van der Waals surface area contributed by atoms with E-state index in [9.17, 15) is 5.11 Å². The second-order valence-corrected chi connectivity index (χ2v) is 4.41. The summed E-state index contributed by atoms with van der Waals surface area (Å²) >= 11 is 0. The molecule has 1 atom stereocenters. The summed E-state index contributed by atoms with van der Waals surface area (Å²) in [5.41, 5.74) is 2.45. The van der Waals surface area contributed by atoms with Crippen LogP contribution < -0.4 is 5.32 Å². The van der Waals surface area contributed by atoms with Gasteiger partial charge in [0.2, 0.25) is 0 Å². The van der Waals surface area contributed by atoms with Gasteiger partial charge in [0.25, 0.3) is 0 Å². The normalized spacial score (nSPS) is 12.3. The fourth-order valence-corrected chi connectivity index (χ4v) is 1.88. The van der Waals surface area contributed by atoms with E-state index in [2.05, 4.69) is 29.6 Å². The van der Waals surface area contributed by atoms with Gasteiger partial charge in [-0.1, -0.05) is 60.7 Å². The summed E-state index contributed by atoms with van der Waals surface area (Å²) in [7, 11) is 0. The van der Waals surface area contributed by atoms with Gasteiger partial charge in [-0.05, 0) is 24.0 Å². The number of nitrogens with one attached hydrogen (secondary N) is 1. The van der Waals surface area contributed by atoms with Gasteiger partial charge in [-0.25, -0.2) is 0 Å². The molecule has 0 aliphatic rings. The Balaban J connectivity index is 1.71. The molecule has 1 unspecified atom stereocenters. The molecule has 0 spiro atoms. The molecule has 0 bridgehead atoms. The largest absolute Gasteiger partial charge is 0.379 e. The predicted octanol–water partition coefficient (Wildman–Crippen LogP) is 2.73. The summed E-state index contributed by atoms with van der Waals surface area (Å²) in [6, 6.07) is 20.4. The molecule has 0 aromatic heterocycles. The Hall–Kier alpha value is -1.64. The van der Waals surface area contributed by atoms with Crippen LogP contribution in [0.25, 0.3) is 0 Å². The second-order valence-electron chi connectivity index (χ2n) is 4.41. The van der Waals surface area contributed by atoms with Crippen molar-refractivity contribution < 1.29 is 5.11 Å². The predicted molar refractivity (Wildman–Crippen MR) is 74.1 cm³/mol. The molecule has 0 aliphatic heterocycles. The van der Waals surface area contributed by atoms with Crippen molar-refractivity contribution in [2.75, 3.05) is 0 Å². The molecule has 0 saturated carbocycles. The average molecular weight is 241 g/mol. The third-order valence-corrected chi connectivity index (χ3v) is 2.93. The van der Waals surface area contributed by atoms with Crippen LogP contribution in [0.5, 0.6) is 0 Å². The van der Waals surface area contributed by atoms with Crippen molar-refractivity contribution in [3.63, 3.8) is 0 Å². The van der Waals surface area contributed by atoms with Crippen LogP contribution in [-0.4, -0.2) is 11.3 Å². The fraction of sp³-hybridized carbons (Fsp3) is 0.250. The van der Waals surface area contributed by atoms with Crippen LogP contribution in [0, 0.1) is 0 Å². The van der Waals surface area contributed by atoms with Gasteiger partial charge in [0, 0.05) is 6.54 Å². The van der Waals surface area contributed by atoms with E-state index in [1.807, 2.05) is 36.4 Å². The van der Waals surface area contributed by atoms with Crippen molar-refractivity contribution in [2.24, 2.45) is 0 Å². The lowest BCUT2D eigenvalue weighted by Crippen LogP contribution is -2.28. The fourth-order valence-electron chi connectivity index (χ4n) is 1.88. The van der Waals surface area contributed by atoms with Gasteiger partial charge in [-0.15, -0.1) is 0 Å². The molecule has 0 aliphatic carbocycles. The zero-order chi connectivity index (χ0) is 12.6. The summed E-state index contributed by atoms with van der Waals surface area (Å²) in [6.45, 7) is 0.705. The third kappa shape index (κ3) is 4.32. The van der Waals surface area contributed by atoms with Gasteiger partial charge >= 0.3 is 0 Å². The van der Waals surface area contributed by atoms with Crippen LogP contribution in [0.3, 0.4) is 0 Å². The monoisotopic (exact) mass is 241 g/mol. The molecule has 2 nitrogen and oxygen atoms in total. The zero-order valence-electron chi connectivity index (χ0n) is 10.4. The minimum absolute atomic E-state index is 0.453. The third-order valence-electron chi connectivity index (χ3n) is 2.93. The minimum atomic E-state index is -0.453. The smallest absolute Gasteiger partial charge is 0.105 e. The SMILES string of the molecule is OC(CCc1ccccc1)NCc1ccccc1. The molecule has 2 aromatic carbocycles. The quantitative estimate of drug-likeness (QED) is 0.762. The van der Waals surface area contributed by atoms with Gasteiger partial charge in [-0.3, -0.25) is 5.32 Å². The molecular weight excluding hydrogens is 222 g/mol.